The lowest BCUT2D eigenvalue weighted by Gasteiger charge is -2.65. The maximum atomic E-state index is 13.0. The lowest BCUT2D eigenvalue weighted by Crippen LogP contribution is -2.60. The fourth-order valence-electron chi connectivity index (χ4n) is 12.2. The molecule has 0 bridgehead atoms. The van der Waals surface area contributed by atoms with Crippen molar-refractivity contribution in [2.24, 2.45) is 68.5 Å². The van der Waals surface area contributed by atoms with E-state index in [-0.39, 0.29) is 35.2 Å². The van der Waals surface area contributed by atoms with Crippen LogP contribution < -0.4 is 0 Å². The molecule has 0 spiro atoms. The van der Waals surface area contributed by atoms with Gasteiger partial charge < -0.3 is 19.7 Å². The first-order valence-electron chi connectivity index (χ1n) is 18.6. The highest BCUT2D eigenvalue weighted by atomic mass is 16.5. The van der Waals surface area contributed by atoms with Gasteiger partial charge in [-0.3, -0.25) is 19.2 Å². The molecule has 2 N–H and O–H groups in total. The van der Waals surface area contributed by atoms with Crippen molar-refractivity contribution in [3.63, 3.8) is 0 Å². The number of carboxylic acid groups (broad SMARTS) is 2. The van der Waals surface area contributed by atoms with Crippen LogP contribution in [0.25, 0.3) is 0 Å². The third kappa shape index (κ3) is 6.36. The molecule has 5 aliphatic rings. The second-order valence-corrected chi connectivity index (χ2v) is 19.0. The fourth-order valence-corrected chi connectivity index (χ4v) is 12.2. The number of hydrogen-bond acceptors (Lipinski definition) is 6. The molecule has 0 aromatic rings. The zero-order valence-electron chi connectivity index (χ0n) is 30.9. The number of rotatable bonds is 10. The van der Waals surface area contributed by atoms with Crippen LogP contribution in [-0.4, -0.2) is 46.8 Å². The largest absolute Gasteiger partial charge is 0.481 e. The van der Waals surface area contributed by atoms with Gasteiger partial charge in [-0.05, 0) is 146 Å². The van der Waals surface area contributed by atoms with E-state index in [1.165, 1.54) is 24.8 Å². The van der Waals surface area contributed by atoms with Crippen molar-refractivity contribution < 1.29 is 38.9 Å². The number of ether oxygens (including phenoxy) is 2. The Kier molecular flexibility index (Phi) is 9.79. The minimum Gasteiger partial charge on any atom is -0.481 e. The zero-order chi connectivity index (χ0) is 35.6. The Balaban J connectivity index is 1.31. The molecule has 5 saturated carbocycles. The number of allylic oxidation sites excluding steroid dienone is 1. The van der Waals surface area contributed by atoms with Gasteiger partial charge in [0.15, 0.2) is 0 Å². The van der Waals surface area contributed by atoms with Crippen molar-refractivity contribution in [2.45, 2.75) is 139 Å². The summed E-state index contributed by atoms with van der Waals surface area (Å²) in [5.74, 6) is 0.951. The predicted octanol–water partition coefficient (Wildman–Crippen LogP) is 8.32. The summed E-state index contributed by atoms with van der Waals surface area (Å²) in [5, 5.41) is 19.1. The number of esters is 2. The van der Waals surface area contributed by atoms with Gasteiger partial charge in [0.2, 0.25) is 0 Å². The molecule has 0 amide bonds. The second-order valence-electron chi connectivity index (χ2n) is 19.0. The predicted molar refractivity (Wildman–Crippen MR) is 183 cm³/mol. The molecule has 10 atom stereocenters. The Morgan fingerprint density at radius 1 is 0.750 bits per heavy atom. The Labute approximate surface area is 288 Å². The van der Waals surface area contributed by atoms with Crippen LogP contribution >= 0.6 is 0 Å². The van der Waals surface area contributed by atoms with Crippen LogP contribution in [0.15, 0.2) is 12.2 Å². The van der Waals surface area contributed by atoms with Gasteiger partial charge in [-0.1, -0.05) is 32.9 Å². The van der Waals surface area contributed by atoms with Gasteiger partial charge in [-0.15, -0.1) is 0 Å². The average Bonchev–Trinajstić information content (AvgIpc) is 3.37. The first-order chi connectivity index (χ1) is 22.2. The molecule has 0 unspecified atom stereocenters. The molecule has 8 nitrogen and oxygen atoms in total. The van der Waals surface area contributed by atoms with Gasteiger partial charge in [0, 0.05) is 10.8 Å². The summed E-state index contributed by atoms with van der Waals surface area (Å²) >= 11 is 0. The van der Waals surface area contributed by atoms with Crippen molar-refractivity contribution in [1.29, 1.82) is 0 Å². The van der Waals surface area contributed by atoms with E-state index in [0.717, 1.165) is 44.9 Å². The van der Waals surface area contributed by atoms with Crippen molar-refractivity contribution in [2.75, 3.05) is 6.61 Å². The highest BCUT2D eigenvalue weighted by molar-refractivity contribution is 5.82. The molecule has 8 heteroatoms. The van der Waals surface area contributed by atoms with Crippen LogP contribution in [0.4, 0.5) is 0 Å². The first-order valence-corrected chi connectivity index (χ1v) is 18.6. The number of carboxylic acids is 2. The lowest BCUT2D eigenvalue weighted by atomic mass is 9.40. The van der Waals surface area contributed by atoms with E-state index in [0.29, 0.717) is 48.0 Å². The van der Waals surface area contributed by atoms with E-state index >= 15 is 0 Å². The molecule has 5 fully saturated rings. The van der Waals surface area contributed by atoms with Crippen LogP contribution in [0.3, 0.4) is 0 Å². The average molecular weight is 671 g/mol. The van der Waals surface area contributed by atoms with E-state index in [2.05, 4.69) is 34.3 Å². The standard InChI is InChI=1S/C40H62O8/c1-23(2)24-14-18-40(22-47-31(41)20-36(3,4)34(43)44)19-15-25-26-11-13-29-38(7,8)30(48-32(42)21-37(5,6)35(45)46)16-17-39(29,9)28(26)12-10-27(25)33(24)40/h24-30,33H,1,10-22H2,2-9H3,(H,43,44)(H,45,46)/t24-,25-,26-,27-,28-,29-,30-,33+,39+,40+/m0/s1. The number of aliphatic carboxylic acids is 2. The summed E-state index contributed by atoms with van der Waals surface area (Å²) in [5.41, 5.74) is -1.18. The topological polar surface area (TPSA) is 127 Å². The summed E-state index contributed by atoms with van der Waals surface area (Å²) < 4.78 is 12.1. The maximum absolute atomic E-state index is 13.0. The molecule has 5 aliphatic carbocycles. The number of fused-ring (bicyclic) bond motifs is 7. The van der Waals surface area contributed by atoms with Gasteiger partial charge in [0.05, 0.1) is 30.3 Å². The lowest BCUT2D eigenvalue weighted by molar-refractivity contribution is -0.201. The summed E-state index contributed by atoms with van der Waals surface area (Å²) in [4.78, 5) is 49.2. The molecule has 0 radical (unpaired) electrons. The molecule has 0 heterocycles. The summed E-state index contributed by atoms with van der Waals surface area (Å²) in [6.07, 6.45) is 10.3. The molecule has 48 heavy (non-hydrogen) atoms. The van der Waals surface area contributed by atoms with Crippen LogP contribution in [0.5, 0.6) is 0 Å². The molecule has 5 rings (SSSR count). The van der Waals surface area contributed by atoms with Gasteiger partial charge >= 0.3 is 23.9 Å². The van der Waals surface area contributed by atoms with Crippen molar-refractivity contribution >= 4 is 23.9 Å². The minimum absolute atomic E-state index is 0.0686. The molecule has 0 aromatic carbocycles. The molecular formula is C40H62O8. The Morgan fingerprint density at radius 3 is 1.94 bits per heavy atom. The summed E-state index contributed by atoms with van der Waals surface area (Å²) in [6.45, 7) is 20.3. The Hall–Kier alpha value is -2.38. The second kappa shape index (κ2) is 12.7. The number of carbonyl (C=O) groups excluding carboxylic acids is 2. The van der Waals surface area contributed by atoms with Crippen molar-refractivity contribution in [1.82, 2.24) is 0 Å². The highest BCUT2D eigenvalue weighted by Crippen LogP contribution is 2.70. The molecule has 0 aliphatic heterocycles. The maximum Gasteiger partial charge on any atom is 0.309 e. The molecule has 270 valence electrons. The third-order valence-electron chi connectivity index (χ3n) is 14.8. The van der Waals surface area contributed by atoms with E-state index < -0.39 is 34.7 Å². The van der Waals surface area contributed by atoms with E-state index in [1.807, 2.05) is 0 Å². The normalized spacial score (nSPS) is 38.8. The molecule has 0 aromatic heterocycles. The molecular weight excluding hydrogens is 608 g/mol. The summed E-state index contributed by atoms with van der Waals surface area (Å²) in [7, 11) is 0. The monoisotopic (exact) mass is 670 g/mol. The van der Waals surface area contributed by atoms with Crippen LogP contribution in [0.1, 0.15) is 132 Å². The van der Waals surface area contributed by atoms with Crippen molar-refractivity contribution in [3.8, 4) is 0 Å². The van der Waals surface area contributed by atoms with Crippen molar-refractivity contribution in [3.05, 3.63) is 12.2 Å². The minimum atomic E-state index is -1.15. The molecule has 0 saturated heterocycles. The van der Waals surface area contributed by atoms with Gasteiger partial charge in [0.25, 0.3) is 0 Å². The first kappa shape index (κ1) is 36.9. The van der Waals surface area contributed by atoms with Crippen LogP contribution in [0, 0.1) is 68.5 Å². The van der Waals surface area contributed by atoms with E-state index in [1.54, 1.807) is 27.7 Å². The van der Waals surface area contributed by atoms with Gasteiger partial charge in [-0.2, -0.15) is 0 Å². The van der Waals surface area contributed by atoms with Crippen LogP contribution in [-0.2, 0) is 28.7 Å². The smallest absolute Gasteiger partial charge is 0.309 e. The van der Waals surface area contributed by atoms with Crippen LogP contribution in [0.2, 0.25) is 0 Å². The number of carbonyl (C=O) groups is 4. The van der Waals surface area contributed by atoms with Gasteiger partial charge in [-0.25, -0.2) is 0 Å². The fraction of sp³-hybridized carbons (Fsp3) is 0.850. The Bertz CT molecular complexity index is 1310. The zero-order valence-corrected chi connectivity index (χ0v) is 30.9. The highest BCUT2D eigenvalue weighted by Gasteiger charge is 2.64. The van der Waals surface area contributed by atoms with Gasteiger partial charge in [0.1, 0.15) is 6.10 Å². The summed E-state index contributed by atoms with van der Waals surface area (Å²) in [6, 6.07) is 0. The quantitative estimate of drug-likeness (QED) is 0.176. The Morgan fingerprint density at radius 2 is 1.33 bits per heavy atom. The number of hydrogen-bond donors (Lipinski definition) is 2. The third-order valence-corrected chi connectivity index (χ3v) is 14.8. The van der Waals surface area contributed by atoms with E-state index in [9.17, 15) is 29.4 Å². The van der Waals surface area contributed by atoms with E-state index in [4.69, 9.17) is 9.47 Å². The SMILES string of the molecule is C=C(C)[C@@H]1CC[C@]2(COC(=O)CC(C)(C)C(=O)O)CC[C@@H]3[C@H](CC[C@H]4[C@H]3CC[C@H]3C(C)(C)[C@@H](OC(=O)CC(C)(C)C(=O)O)CC[C@]43C)[C@@H]12.